The van der Waals surface area contributed by atoms with Crippen LogP contribution in [0.3, 0.4) is 0 Å². The summed E-state index contributed by atoms with van der Waals surface area (Å²) in [5, 5.41) is 0. The topological polar surface area (TPSA) is 3.24 Å². The first-order valence-corrected chi connectivity index (χ1v) is 17.8. The van der Waals surface area contributed by atoms with Crippen molar-refractivity contribution in [1.82, 2.24) is 0 Å². The Morgan fingerprint density at radius 2 is 0.824 bits per heavy atom. The maximum absolute atomic E-state index is 8.32. The van der Waals surface area contributed by atoms with Gasteiger partial charge < -0.3 is 4.90 Å². The normalized spacial score (nSPS) is 17.3. The zero-order valence-electron chi connectivity index (χ0n) is 35.0. The second-order valence-corrected chi connectivity index (χ2v) is 15.0. The average molecular weight is 662 g/mol. The number of anilines is 3. The lowest BCUT2D eigenvalue weighted by atomic mass is 9.70. The molecule has 0 fully saturated rings. The molecule has 0 aromatic heterocycles. The average Bonchev–Trinajstić information content (AvgIpc) is 3.76. The van der Waals surface area contributed by atoms with E-state index in [-0.39, 0.29) is 11.0 Å². The molecule has 0 unspecified atom stereocenters. The van der Waals surface area contributed by atoms with Crippen molar-refractivity contribution in [1.29, 1.82) is 0 Å². The third-order valence-corrected chi connectivity index (χ3v) is 11.8. The third kappa shape index (κ3) is 4.04. The van der Waals surface area contributed by atoms with Crippen LogP contribution in [0, 0.1) is 0 Å². The molecule has 51 heavy (non-hydrogen) atoms. The fourth-order valence-electron chi connectivity index (χ4n) is 9.44. The van der Waals surface area contributed by atoms with Crippen LogP contribution in [-0.2, 0) is 16.2 Å². The van der Waals surface area contributed by atoms with Gasteiger partial charge >= 0.3 is 0 Å². The molecular weight excluding hydrogens is 615 g/mol. The van der Waals surface area contributed by atoms with Gasteiger partial charge in [0, 0.05) is 30.7 Å². The number of rotatable bonds is 3. The van der Waals surface area contributed by atoms with Crippen molar-refractivity contribution >= 4 is 17.1 Å². The predicted molar refractivity (Wildman–Crippen MR) is 214 cm³/mol. The predicted octanol–water partition coefficient (Wildman–Crippen LogP) is 13.1. The maximum atomic E-state index is 8.32. The summed E-state index contributed by atoms with van der Waals surface area (Å²) >= 11 is 0. The first-order chi connectivity index (χ1) is 27.2. The molecule has 1 spiro atoms. The second kappa shape index (κ2) is 10.4. The van der Waals surface area contributed by atoms with Gasteiger partial charge in [-0.15, -0.1) is 0 Å². The molecule has 1 heteroatoms. The van der Waals surface area contributed by atoms with Crippen molar-refractivity contribution in [2.24, 2.45) is 0 Å². The molecule has 0 aliphatic heterocycles. The zero-order valence-corrected chi connectivity index (χ0v) is 29.0. The van der Waals surface area contributed by atoms with Crippen molar-refractivity contribution in [3.63, 3.8) is 0 Å². The Balaban J connectivity index is 1.22. The lowest BCUT2D eigenvalue weighted by Gasteiger charge is -2.32. The van der Waals surface area contributed by atoms with Crippen molar-refractivity contribution in [3.05, 3.63) is 197 Å². The Morgan fingerprint density at radius 1 is 0.431 bits per heavy atom. The largest absolute Gasteiger partial charge is 0.310 e. The number of fused-ring (bicyclic) bond motifs is 13. The summed E-state index contributed by atoms with van der Waals surface area (Å²) in [6, 6.07) is 55.5. The Labute approximate surface area is 310 Å². The van der Waals surface area contributed by atoms with Crippen LogP contribution in [0.25, 0.3) is 33.4 Å². The van der Waals surface area contributed by atoms with Gasteiger partial charge in [-0.05, 0) is 114 Å². The van der Waals surface area contributed by atoms with E-state index in [1.807, 2.05) is 12.1 Å². The van der Waals surface area contributed by atoms with Crippen LogP contribution in [0.15, 0.2) is 158 Å². The lowest BCUT2D eigenvalue weighted by molar-refractivity contribution is 0.590. The Hall–Kier alpha value is -5.66. The highest BCUT2D eigenvalue weighted by Crippen LogP contribution is 2.63. The number of hydrogen-bond donors (Lipinski definition) is 0. The molecular formula is C50H41N. The zero-order chi connectivity index (χ0) is 39.7. The molecule has 0 heterocycles. The van der Waals surface area contributed by atoms with Gasteiger partial charge in [-0.3, -0.25) is 0 Å². The summed E-state index contributed by atoms with van der Waals surface area (Å²) in [7, 11) is 0. The van der Waals surface area contributed by atoms with Gasteiger partial charge in [-0.1, -0.05) is 156 Å². The highest BCUT2D eigenvalue weighted by molar-refractivity contribution is 5.96. The van der Waals surface area contributed by atoms with Gasteiger partial charge in [-0.25, -0.2) is 0 Å². The molecule has 0 bridgehead atoms. The van der Waals surface area contributed by atoms with E-state index in [4.69, 9.17) is 8.22 Å². The minimum absolute atomic E-state index is 0.237. The molecule has 3 aliphatic rings. The highest BCUT2D eigenvalue weighted by atomic mass is 15.1. The second-order valence-electron chi connectivity index (χ2n) is 15.0. The fourth-order valence-corrected chi connectivity index (χ4v) is 9.44. The van der Waals surface area contributed by atoms with E-state index in [1.54, 1.807) is 12.1 Å². The van der Waals surface area contributed by atoms with E-state index in [2.05, 4.69) is 152 Å². The van der Waals surface area contributed by atoms with Gasteiger partial charge in [0.25, 0.3) is 0 Å². The molecule has 0 saturated carbocycles. The summed E-state index contributed by atoms with van der Waals surface area (Å²) in [5.74, 6) is 0. The number of nitrogens with zero attached hydrogens (tertiary/aromatic N) is 1. The molecule has 0 N–H and O–H groups in total. The Bertz CT molecular complexity index is 2700. The molecule has 7 aromatic rings. The summed E-state index contributed by atoms with van der Waals surface area (Å²) in [6.07, 6.45) is 0. The smallest absolute Gasteiger partial charge is 0.0726 e. The molecule has 3 aliphatic carbocycles. The van der Waals surface area contributed by atoms with Crippen LogP contribution in [0.1, 0.15) is 81.6 Å². The molecule has 0 saturated heterocycles. The summed E-state index contributed by atoms with van der Waals surface area (Å²) in [6.45, 7) is 0.371. The van der Waals surface area contributed by atoms with E-state index in [9.17, 15) is 0 Å². The number of hydrogen-bond acceptors (Lipinski definition) is 1. The Morgan fingerprint density at radius 3 is 1.33 bits per heavy atom. The molecule has 0 radical (unpaired) electrons. The SMILES string of the molecule is [2H]C([2H])([2H])C(C)(c1ccc(N(c2ccc3c(c2)C(C)(C)c2ccccc2-3)c2ccc3c(c2)C2(c4ccccc4-c4ccccc42)c2ccccc2-3)cc1)C([2H])([2H])[2H]. The van der Waals surface area contributed by atoms with Crippen molar-refractivity contribution in [3.8, 4) is 33.4 Å². The van der Waals surface area contributed by atoms with E-state index in [0.717, 1.165) is 17.1 Å². The van der Waals surface area contributed by atoms with E-state index >= 15 is 0 Å². The van der Waals surface area contributed by atoms with Crippen LogP contribution in [0.4, 0.5) is 17.1 Å². The summed E-state index contributed by atoms with van der Waals surface area (Å²) in [5.41, 5.74) is 14.9. The fraction of sp³-hybridized carbons (Fsp3) is 0.160. The van der Waals surface area contributed by atoms with Crippen molar-refractivity contribution < 1.29 is 8.22 Å². The molecule has 7 aromatic carbocycles. The van der Waals surface area contributed by atoms with Crippen molar-refractivity contribution in [2.45, 2.75) is 50.7 Å². The highest BCUT2D eigenvalue weighted by Gasteiger charge is 2.51. The maximum Gasteiger partial charge on any atom is 0.0726 e. The quantitative estimate of drug-likeness (QED) is 0.182. The monoisotopic (exact) mass is 661 g/mol. The van der Waals surface area contributed by atoms with E-state index < -0.39 is 24.5 Å². The summed E-state index contributed by atoms with van der Waals surface area (Å²) < 4.78 is 49.9. The van der Waals surface area contributed by atoms with Gasteiger partial charge in [0.05, 0.1) is 5.41 Å². The third-order valence-electron chi connectivity index (χ3n) is 11.8. The van der Waals surface area contributed by atoms with Gasteiger partial charge in [0.15, 0.2) is 0 Å². The van der Waals surface area contributed by atoms with Gasteiger partial charge in [0.2, 0.25) is 0 Å². The summed E-state index contributed by atoms with van der Waals surface area (Å²) in [4.78, 5) is 2.23. The Kier molecular flexibility index (Phi) is 5.01. The van der Waals surface area contributed by atoms with Crippen LogP contribution >= 0.6 is 0 Å². The van der Waals surface area contributed by atoms with Crippen molar-refractivity contribution in [2.75, 3.05) is 4.90 Å². The van der Waals surface area contributed by atoms with E-state index in [1.165, 1.54) is 73.7 Å². The van der Waals surface area contributed by atoms with E-state index in [0.29, 0.717) is 0 Å². The van der Waals surface area contributed by atoms with Crippen LogP contribution < -0.4 is 4.90 Å². The standard InChI is InChI=1S/C50H41N/c1-48(2,3)32-22-24-33(25-23-32)51(34-26-28-40-36-14-6-10-18-42(36)49(4,5)46(40)30-34)35-27-29-41-39-17-9-13-21-45(39)50(47(41)31-35)43-19-11-7-15-37(43)38-16-8-12-20-44(38)50/h6-31H,1-5H3/i1D3,2D3. The first kappa shape index (κ1) is 24.5. The molecule has 246 valence electrons. The minimum atomic E-state index is -2.75. The van der Waals surface area contributed by atoms with Gasteiger partial charge in [-0.2, -0.15) is 0 Å². The minimum Gasteiger partial charge on any atom is -0.310 e. The molecule has 1 nitrogen and oxygen atoms in total. The molecule has 0 atom stereocenters. The van der Waals surface area contributed by atoms with Crippen LogP contribution in [-0.4, -0.2) is 0 Å². The first-order valence-electron chi connectivity index (χ1n) is 20.8. The lowest BCUT2D eigenvalue weighted by Crippen LogP contribution is -2.26. The molecule has 10 rings (SSSR count). The number of benzene rings is 7. The molecule has 0 amide bonds. The van der Waals surface area contributed by atoms with Crippen LogP contribution in [0.5, 0.6) is 0 Å². The van der Waals surface area contributed by atoms with Crippen LogP contribution in [0.2, 0.25) is 0 Å². The van der Waals surface area contributed by atoms with Gasteiger partial charge in [0.1, 0.15) is 0 Å².